The van der Waals surface area contributed by atoms with Crippen molar-refractivity contribution in [2.75, 3.05) is 4.90 Å². The highest BCUT2D eigenvalue weighted by atomic mass is 79.9. The highest BCUT2D eigenvalue weighted by Crippen LogP contribution is 2.32. The lowest BCUT2D eigenvalue weighted by Crippen LogP contribution is -2.29. The van der Waals surface area contributed by atoms with Crippen LogP contribution in [-0.4, -0.2) is 11.8 Å². The maximum Gasteiger partial charge on any atom is 0.266 e. The second kappa shape index (κ2) is 4.56. The Bertz CT molecular complexity index is 694. The average Bonchev–Trinajstić information content (AvgIpc) is 2.68. The molecule has 1 heterocycles. The van der Waals surface area contributed by atoms with E-state index in [9.17, 15) is 9.59 Å². The fourth-order valence-electron chi connectivity index (χ4n) is 2.48. The molecule has 0 aromatic heterocycles. The van der Waals surface area contributed by atoms with E-state index in [4.69, 9.17) is 0 Å². The van der Waals surface area contributed by atoms with Gasteiger partial charge in [-0.1, -0.05) is 28.1 Å². The summed E-state index contributed by atoms with van der Waals surface area (Å²) < 4.78 is 0.998. The summed E-state index contributed by atoms with van der Waals surface area (Å²) in [5, 5.41) is 0. The van der Waals surface area contributed by atoms with Crippen molar-refractivity contribution in [2.24, 2.45) is 0 Å². The number of aryl methyl sites for hydroxylation is 2. The first-order valence-electron chi connectivity index (χ1n) is 6.25. The van der Waals surface area contributed by atoms with Gasteiger partial charge in [-0.2, -0.15) is 0 Å². The molecule has 20 heavy (non-hydrogen) atoms. The largest absolute Gasteiger partial charge is 0.268 e. The molecule has 2 aromatic rings. The number of benzene rings is 2. The van der Waals surface area contributed by atoms with Gasteiger partial charge in [0.2, 0.25) is 0 Å². The molecule has 3 nitrogen and oxygen atoms in total. The van der Waals surface area contributed by atoms with Crippen molar-refractivity contribution in [3.63, 3.8) is 0 Å². The van der Waals surface area contributed by atoms with Crippen LogP contribution in [0.3, 0.4) is 0 Å². The number of carbonyl (C=O) groups excluding carboxylic acids is 2. The minimum Gasteiger partial charge on any atom is -0.268 e. The molecule has 0 saturated carbocycles. The van der Waals surface area contributed by atoms with Gasteiger partial charge >= 0.3 is 0 Å². The third-order valence-corrected chi connectivity index (χ3v) is 4.72. The van der Waals surface area contributed by atoms with Crippen LogP contribution in [0.5, 0.6) is 0 Å². The zero-order valence-corrected chi connectivity index (χ0v) is 12.7. The molecule has 0 atom stereocenters. The summed E-state index contributed by atoms with van der Waals surface area (Å²) in [7, 11) is 0. The normalized spacial score (nSPS) is 13.8. The number of hydrogen-bond donors (Lipinski definition) is 0. The Hall–Kier alpha value is -1.94. The van der Waals surface area contributed by atoms with E-state index < -0.39 is 0 Å². The van der Waals surface area contributed by atoms with E-state index in [-0.39, 0.29) is 11.8 Å². The van der Waals surface area contributed by atoms with Crippen molar-refractivity contribution in [1.82, 2.24) is 0 Å². The summed E-state index contributed by atoms with van der Waals surface area (Å²) in [5.41, 5.74) is 3.55. The minimum absolute atomic E-state index is 0.258. The number of rotatable bonds is 1. The monoisotopic (exact) mass is 329 g/mol. The predicted octanol–water partition coefficient (Wildman–Crippen LogP) is 3.87. The quantitative estimate of drug-likeness (QED) is 0.745. The SMILES string of the molecule is Cc1cc(N2C(=O)c3ccccc3C2=O)cc(C)c1Br. The molecule has 0 radical (unpaired) electrons. The molecule has 0 bridgehead atoms. The number of imide groups is 1. The maximum absolute atomic E-state index is 12.4. The number of halogens is 1. The van der Waals surface area contributed by atoms with Crippen molar-refractivity contribution >= 4 is 33.4 Å². The summed E-state index contributed by atoms with van der Waals surface area (Å²) >= 11 is 3.49. The molecule has 0 N–H and O–H groups in total. The van der Waals surface area contributed by atoms with E-state index in [0.717, 1.165) is 15.6 Å². The van der Waals surface area contributed by atoms with Crippen LogP contribution < -0.4 is 4.90 Å². The van der Waals surface area contributed by atoms with Gasteiger partial charge in [0.25, 0.3) is 11.8 Å². The Labute approximate surface area is 125 Å². The number of anilines is 1. The van der Waals surface area contributed by atoms with Gasteiger partial charge in [0.05, 0.1) is 16.8 Å². The molecule has 2 aromatic carbocycles. The van der Waals surface area contributed by atoms with E-state index in [1.807, 2.05) is 26.0 Å². The van der Waals surface area contributed by atoms with Gasteiger partial charge in [0.15, 0.2) is 0 Å². The third-order valence-electron chi connectivity index (χ3n) is 3.47. The number of nitrogens with zero attached hydrogens (tertiary/aromatic N) is 1. The lowest BCUT2D eigenvalue weighted by molar-refractivity contribution is 0.0926. The smallest absolute Gasteiger partial charge is 0.266 e. The summed E-state index contributed by atoms with van der Waals surface area (Å²) in [5.74, 6) is -0.515. The van der Waals surface area contributed by atoms with Crippen molar-refractivity contribution < 1.29 is 9.59 Å². The zero-order valence-electron chi connectivity index (χ0n) is 11.1. The van der Waals surface area contributed by atoms with E-state index in [1.54, 1.807) is 24.3 Å². The number of hydrogen-bond acceptors (Lipinski definition) is 2. The lowest BCUT2D eigenvalue weighted by Gasteiger charge is -2.16. The van der Waals surface area contributed by atoms with Crippen LogP contribution >= 0.6 is 15.9 Å². The Balaban J connectivity index is 2.14. The summed E-state index contributed by atoms with van der Waals surface area (Å²) in [6.45, 7) is 3.89. The van der Waals surface area contributed by atoms with Crippen LogP contribution in [0.4, 0.5) is 5.69 Å². The van der Waals surface area contributed by atoms with Crippen LogP contribution in [0, 0.1) is 13.8 Å². The minimum atomic E-state index is -0.258. The summed E-state index contributed by atoms with van der Waals surface area (Å²) in [6.07, 6.45) is 0. The maximum atomic E-state index is 12.4. The Morgan fingerprint density at radius 1 is 0.900 bits per heavy atom. The zero-order chi connectivity index (χ0) is 14.4. The van der Waals surface area contributed by atoms with Crippen LogP contribution in [0.25, 0.3) is 0 Å². The van der Waals surface area contributed by atoms with Gasteiger partial charge in [-0.3, -0.25) is 9.59 Å². The highest BCUT2D eigenvalue weighted by molar-refractivity contribution is 9.10. The second-order valence-electron chi connectivity index (χ2n) is 4.88. The molecule has 3 rings (SSSR count). The number of amides is 2. The molecular weight excluding hydrogens is 318 g/mol. The molecule has 2 amide bonds. The first kappa shape index (κ1) is 13.1. The Morgan fingerprint density at radius 3 is 1.80 bits per heavy atom. The Kier molecular flexibility index (Phi) is 2.98. The average molecular weight is 330 g/mol. The standard InChI is InChI=1S/C16H12BrNO2/c1-9-7-11(8-10(2)14(9)17)18-15(19)12-5-3-4-6-13(12)16(18)20/h3-8H,1-2H3. The van der Waals surface area contributed by atoms with Crippen molar-refractivity contribution in [1.29, 1.82) is 0 Å². The number of fused-ring (bicyclic) bond motifs is 1. The van der Waals surface area contributed by atoms with Crippen LogP contribution in [0.1, 0.15) is 31.8 Å². The summed E-state index contributed by atoms with van der Waals surface area (Å²) in [4.78, 5) is 26.1. The fraction of sp³-hybridized carbons (Fsp3) is 0.125. The highest BCUT2D eigenvalue weighted by Gasteiger charge is 2.36. The third kappa shape index (κ3) is 1.79. The van der Waals surface area contributed by atoms with Crippen molar-refractivity contribution in [2.45, 2.75) is 13.8 Å². The molecule has 0 spiro atoms. The molecule has 1 aliphatic rings. The fourth-order valence-corrected chi connectivity index (χ4v) is 2.70. The second-order valence-corrected chi connectivity index (χ2v) is 5.68. The number of carbonyl (C=O) groups is 2. The van der Waals surface area contributed by atoms with E-state index in [2.05, 4.69) is 15.9 Å². The molecule has 1 aliphatic heterocycles. The first-order chi connectivity index (χ1) is 9.50. The van der Waals surface area contributed by atoms with Gasteiger partial charge in [0, 0.05) is 4.47 Å². The predicted molar refractivity (Wildman–Crippen MR) is 81.2 cm³/mol. The Morgan fingerprint density at radius 2 is 1.35 bits per heavy atom. The van der Waals surface area contributed by atoms with Crippen LogP contribution in [-0.2, 0) is 0 Å². The van der Waals surface area contributed by atoms with Crippen molar-refractivity contribution in [3.05, 3.63) is 63.1 Å². The molecule has 0 unspecified atom stereocenters. The van der Waals surface area contributed by atoms with Crippen molar-refractivity contribution in [3.8, 4) is 0 Å². The van der Waals surface area contributed by atoms with E-state index in [0.29, 0.717) is 16.8 Å². The van der Waals surface area contributed by atoms with E-state index >= 15 is 0 Å². The molecule has 100 valence electrons. The van der Waals surface area contributed by atoms with Gasteiger partial charge in [-0.25, -0.2) is 4.90 Å². The molecule has 0 aliphatic carbocycles. The van der Waals surface area contributed by atoms with Crippen LogP contribution in [0.15, 0.2) is 40.9 Å². The molecule has 0 saturated heterocycles. The molecule has 4 heteroatoms. The van der Waals surface area contributed by atoms with Crippen LogP contribution in [0.2, 0.25) is 0 Å². The van der Waals surface area contributed by atoms with Gasteiger partial charge < -0.3 is 0 Å². The first-order valence-corrected chi connectivity index (χ1v) is 7.04. The molecular formula is C16H12BrNO2. The van der Waals surface area contributed by atoms with Gasteiger partial charge in [-0.15, -0.1) is 0 Å². The lowest BCUT2D eigenvalue weighted by atomic mass is 10.1. The van der Waals surface area contributed by atoms with E-state index in [1.165, 1.54) is 4.90 Å². The van der Waals surface area contributed by atoms with Gasteiger partial charge in [0.1, 0.15) is 0 Å². The molecule has 0 fully saturated rings. The summed E-state index contributed by atoms with van der Waals surface area (Å²) in [6, 6.07) is 10.6. The van der Waals surface area contributed by atoms with Gasteiger partial charge in [-0.05, 0) is 49.2 Å². The topological polar surface area (TPSA) is 37.4 Å².